The molecule has 0 amide bonds. The van der Waals surface area contributed by atoms with Gasteiger partial charge in [0, 0.05) is 0 Å². The van der Waals surface area contributed by atoms with Crippen molar-refractivity contribution in [3.63, 3.8) is 0 Å². The monoisotopic (exact) mass is 195 g/mol. The number of nitrogens with one attached hydrogen (secondary N) is 1. The minimum atomic E-state index is -0.707. The van der Waals surface area contributed by atoms with Gasteiger partial charge < -0.3 is 0 Å². The zero-order valence-corrected chi connectivity index (χ0v) is 6.84. The number of rotatable bonds is 1. The van der Waals surface area contributed by atoms with Crippen LogP contribution in [0.15, 0.2) is 0 Å². The van der Waals surface area contributed by atoms with E-state index in [0.29, 0.717) is 19.9 Å². The average Bonchev–Trinajstić information content (AvgIpc) is 2.14. The van der Waals surface area contributed by atoms with Crippen LogP contribution in [0.25, 0.3) is 0 Å². The second-order valence-electron chi connectivity index (χ2n) is 2.03. The Morgan fingerprint density at radius 1 is 1.89 bits per heavy atom. The summed E-state index contributed by atoms with van der Waals surface area (Å²) in [5.41, 5.74) is 0. The molecule has 0 spiro atoms. The van der Waals surface area contributed by atoms with Crippen LogP contribution in [0.4, 0.5) is 0 Å². The van der Waals surface area contributed by atoms with Crippen LogP contribution >= 0.6 is 0 Å². The predicted molar refractivity (Wildman–Crippen MR) is 34.6 cm³/mol. The summed E-state index contributed by atoms with van der Waals surface area (Å²) < 4.78 is 0. The summed E-state index contributed by atoms with van der Waals surface area (Å²) in [6, 6.07) is -0.264. The van der Waals surface area contributed by atoms with Crippen molar-refractivity contribution in [2.75, 3.05) is 0 Å². The van der Waals surface area contributed by atoms with Gasteiger partial charge >= 0.3 is 59.4 Å². The van der Waals surface area contributed by atoms with Gasteiger partial charge in [0.15, 0.2) is 0 Å². The van der Waals surface area contributed by atoms with E-state index in [9.17, 15) is 4.79 Å². The normalized spacial score (nSPS) is 34.8. The molecule has 0 bridgehead atoms. The van der Waals surface area contributed by atoms with Crippen molar-refractivity contribution < 1.29 is 9.90 Å². The Balaban J connectivity index is 2.39. The molecule has 0 radical (unpaired) electrons. The SMILES string of the molecule is CC1N[C@@H](C(=O)O)C[Se]1. The van der Waals surface area contributed by atoms with Crippen LogP contribution in [0.2, 0.25) is 5.32 Å². The van der Waals surface area contributed by atoms with Crippen molar-refractivity contribution in [3.8, 4) is 0 Å². The van der Waals surface area contributed by atoms with E-state index in [1.807, 2.05) is 6.92 Å². The van der Waals surface area contributed by atoms with Gasteiger partial charge in [-0.2, -0.15) is 0 Å². The Kier molecular flexibility index (Phi) is 2.11. The van der Waals surface area contributed by atoms with E-state index in [-0.39, 0.29) is 6.04 Å². The van der Waals surface area contributed by atoms with Crippen LogP contribution in [0.1, 0.15) is 6.92 Å². The molecule has 1 unspecified atom stereocenters. The fourth-order valence-corrected chi connectivity index (χ4v) is 2.82. The fraction of sp³-hybridized carbons (Fsp3) is 0.800. The molecule has 0 aromatic rings. The van der Waals surface area contributed by atoms with Crippen molar-refractivity contribution in [1.82, 2.24) is 5.32 Å². The number of hydrogen-bond donors (Lipinski definition) is 2. The summed E-state index contributed by atoms with van der Waals surface area (Å²) in [7, 11) is 0. The molecule has 1 heterocycles. The van der Waals surface area contributed by atoms with Gasteiger partial charge in [0.1, 0.15) is 0 Å². The van der Waals surface area contributed by atoms with Gasteiger partial charge in [-0.25, -0.2) is 0 Å². The first-order valence-electron chi connectivity index (χ1n) is 2.80. The van der Waals surface area contributed by atoms with Gasteiger partial charge in [-0.3, -0.25) is 0 Å². The zero-order valence-electron chi connectivity index (χ0n) is 5.13. The van der Waals surface area contributed by atoms with E-state index in [1.54, 1.807) is 0 Å². The van der Waals surface area contributed by atoms with E-state index >= 15 is 0 Å². The molecule has 1 aliphatic heterocycles. The molecule has 52 valence electrons. The van der Waals surface area contributed by atoms with Crippen LogP contribution in [-0.4, -0.2) is 37.0 Å². The molecule has 2 atom stereocenters. The van der Waals surface area contributed by atoms with Gasteiger partial charge in [-0.05, 0) is 0 Å². The average molecular weight is 194 g/mol. The van der Waals surface area contributed by atoms with E-state index in [4.69, 9.17) is 5.11 Å². The Labute approximate surface area is 60.0 Å². The number of carboxylic acids is 1. The Morgan fingerprint density at radius 2 is 2.56 bits per heavy atom. The number of carboxylic acid groups (broad SMARTS) is 1. The molecule has 4 heteroatoms. The summed E-state index contributed by atoms with van der Waals surface area (Å²) in [6.07, 6.45) is 0. The fourth-order valence-electron chi connectivity index (χ4n) is 0.763. The molecule has 0 aliphatic carbocycles. The Morgan fingerprint density at radius 3 is 2.78 bits per heavy atom. The van der Waals surface area contributed by atoms with Crippen molar-refractivity contribution in [2.24, 2.45) is 0 Å². The summed E-state index contributed by atoms with van der Waals surface area (Å²) >= 11 is 0.489. The molecule has 1 fully saturated rings. The topological polar surface area (TPSA) is 49.3 Å². The second-order valence-corrected chi connectivity index (χ2v) is 4.92. The number of aliphatic carboxylic acids is 1. The molecule has 9 heavy (non-hydrogen) atoms. The van der Waals surface area contributed by atoms with Gasteiger partial charge in [0.05, 0.1) is 0 Å². The first-order valence-corrected chi connectivity index (χ1v) is 5.00. The molecule has 3 nitrogen and oxygen atoms in total. The summed E-state index contributed by atoms with van der Waals surface area (Å²) in [4.78, 5) is 10.7. The van der Waals surface area contributed by atoms with Crippen molar-refractivity contribution in [1.29, 1.82) is 0 Å². The van der Waals surface area contributed by atoms with Gasteiger partial charge in [-0.15, -0.1) is 0 Å². The molecule has 1 saturated heterocycles. The predicted octanol–water partition coefficient (Wildman–Crippen LogP) is -0.489. The maximum atomic E-state index is 10.3. The maximum absolute atomic E-state index is 10.3. The third-order valence-electron chi connectivity index (χ3n) is 1.25. The third-order valence-corrected chi connectivity index (χ3v) is 3.68. The Bertz CT molecular complexity index is 128. The first-order chi connectivity index (χ1) is 4.20. The standard InChI is InChI=1S/C5H9NO2Se/c1-3-6-4(2-9-3)5(7)8/h3-4,6H,2H2,1H3,(H,7,8)/t3?,4-/m1/s1. The molecule has 0 aromatic carbocycles. The molecule has 0 saturated carbocycles. The van der Waals surface area contributed by atoms with Crippen molar-refractivity contribution in [3.05, 3.63) is 0 Å². The minimum absolute atomic E-state index is 0.264. The van der Waals surface area contributed by atoms with Crippen LogP contribution in [0.3, 0.4) is 0 Å². The first kappa shape index (κ1) is 7.06. The van der Waals surface area contributed by atoms with Crippen LogP contribution in [0, 0.1) is 0 Å². The molecule has 0 aromatic heterocycles. The molecule has 1 rings (SSSR count). The summed E-state index contributed by atoms with van der Waals surface area (Å²) in [5.74, 6) is -0.707. The summed E-state index contributed by atoms with van der Waals surface area (Å²) in [5, 5.41) is 12.3. The van der Waals surface area contributed by atoms with Crippen LogP contribution in [0.5, 0.6) is 0 Å². The molecular weight excluding hydrogens is 185 g/mol. The van der Waals surface area contributed by atoms with Gasteiger partial charge in [-0.1, -0.05) is 0 Å². The number of carbonyl (C=O) groups is 1. The second kappa shape index (κ2) is 2.69. The van der Waals surface area contributed by atoms with E-state index in [2.05, 4.69) is 5.32 Å². The molecule has 2 N–H and O–H groups in total. The van der Waals surface area contributed by atoms with Crippen molar-refractivity contribution in [2.45, 2.75) is 23.2 Å². The Hall–Kier alpha value is -0.0505. The third kappa shape index (κ3) is 1.68. The zero-order chi connectivity index (χ0) is 6.85. The van der Waals surface area contributed by atoms with Crippen LogP contribution in [-0.2, 0) is 4.79 Å². The van der Waals surface area contributed by atoms with E-state index < -0.39 is 5.97 Å². The van der Waals surface area contributed by atoms with Crippen LogP contribution < -0.4 is 5.32 Å². The van der Waals surface area contributed by atoms with E-state index in [0.717, 1.165) is 5.32 Å². The summed E-state index contributed by atoms with van der Waals surface area (Å²) in [6.45, 7) is 2.03. The molecule has 1 aliphatic rings. The number of hydrogen-bond acceptors (Lipinski definition) is 2. The van der Waals surface area contributed by atoms with Gasteiger partial charge in [0.2, 0.25) is 0 Å². The van der Waals surface area contributed by atoms with Crippen molar-refractivity contribution >= 4 is 20.9 Å². The molecular formula is C5H9NO2Se. The van der Waals surface area contributed by atoms with Gasteiger partial charge in [0.25, 0.3) is 0 Å². The van der Waals surface area contributed by atoms with E-state index in [1.165, 1.54) is 0 Å². The quantitative estimate of drug-likeness (QED) is 0.554.